The van der Waals surface area contributed by atoms with Crippen LogP contribution in [0.5, 0.6) is 0 Å². The van der Waals surface area contributed by atoms with Crippen molar-refractivity contribution in [3.05, 3.63) is 30.3 Å². The summed E-state index contributed by atoms with van der Waals surface area (Å²) in [5, 5.41) is 0. The van der Waals surface area contributed by atoms with Gasteiger partial charge < -0.3 is 4.90 Å². The molecule has 0 saturated heterocycles. The number of rotatable bonds is 2. The van der Waals surface area contributed by atoms with E-state index < -0.39 is 0 Å². The molecule has 1 N–H and O–H groups in total. The average Bonchev–Trinajstić information content (AvgIpc) is 2.15. The predicted molar refractivity (Wildman–Crippen MR) is 54.5 cm³/mol. The summed E-state index contributed by atoms with van der Waals surface area (Å²) >= 11 is 1.32. The van der Waals surface area contributed by atoms with Crippen LogP contribution in [0.25, 0.3) is 0 Å². The number of benzene rings is 1. The number of carbonyl (C=O) groups is 1. The molecular weight excluding hydrogens is 184 g/mol. The molecule has 0 saturated carbocycles. The Hall–Kier alpha value is -1.16. The van der Waals surface area contributed by atoms with E-state index >= 15 is 0 Å². The highest BCUT2D eigenvalue weighted by molar-refractivity contribution is 7.98. The molecule has 1 aromatic rings. The lowest BCUT2D eigenvalue weighted by Crippen LogP contribution is -2.29. The van der Waals surface area contributed by atoms with Crippen molar-refractivity contribution in [3.63, 3.8) is 0 Å². The van der Waals surface area contributed by atoms with E-state index in [1.54, 1.807) is 14.1 Å². The first-order chi connectivity index (χ1) is 6.20. The van der Waals surface area contributed by atoms with Gasteiger partial charge in [-0.3, -0.25) is 4.72 Å². The highest BCUT2D eigenvalue weighted by atomic mass is 32.2. The number of hydrogen-bond acceptors (Lipinski definition) is 2. The summed E-state index contributed by atoms with van der Waals surface area (Å²) in [7, 11) is 3.42. The first kappa shape index (κ1) is 9.92. The van der Waals surface area contributed by atoms with E-state index in [-0.39, 0.29) is 6.03 Å². The zero-order chi connectivity index (χ0) is 9.68. The molecule has 0 radical (unpaired) electrons. The molecule has 0 aliphatic rings. The molecule has 4 heteroatoms. The average molecular weight is 196 g/mol. The number of hydrogen-bond donors (Lipinski definition) is 1. The van der Waals surface area contributed by atoms with Crippen LogP contribution in [0, 0.1) is 0 Å². The summed E-state index contributed by atoms with van der Waals surface area (Å²) in [5.74, 6) is 0. The van der Waals surface area contributed by atoms with E-state index in [0.717, 1.165) is 4.90 Å². The van der Waals surface area contributed by atoms with Gasteiger partial charge >= 0.3 is 6.03 Å². The topological polar surface area (TPSA) is 32.3 Å². The largest absolute Gasteiger partial charge is 0.330 e. The van der Waals surface area contributed by atoms with Gasteiger partial charge in [-0.2, -0.15) is 0 Å². The molecule has 0 aliphatic heterocycles. The summed E-state index contributed by atoms with van der Waals surface area (Å²) in [6.45, 7) is 0. The van der Waals surface area contributed by atoms with Gasteiger partial charge in [0.2, 0.25) is 0 Å². The normalized spacial score (nSPS) is 9.38. The van der Waals surface area contributed by atoms with E-state index in [4.69, 9.17) is 0 Å². The maximum Gasteiger partial charge on any atom is 0.327 e. The van der Waals surface area contributed by atoms with Crippen molar-refractivity contribution >= 4 is 18.0 Å². The Balaban J connectivity index is 2.40. The van der Waals surface area contributed by atoms with Gasteiger partial charge in [0.1, 0.15) is 0 Å². The second kappa shape index (κ2) is 4.77. The molecule has 0 fully saturated rings. The Morgan fingerprint density at radius 1 is 1.31 bits per heavy atom. The third-order valence-electron chi connectivity index (χ3n) is 1.41. The molecule has 70 valence electrons. The fourth-order valence-electron chi connectivity index (χ4n) is 0.682. The molecule has 0 bridgehead atoms. The Morgan fingerprint density at radius 3 is 2.46 bits per heavy atom. The molecule has 1 aromatic carbocycles. The van der Waals surface area contributed by atoms with Gasteiger partial charge in [-0.15, -0.1) is 0 Å². The van der Waals surface area contributed by atoms with E-state index in [2.05, 4.69) is 4.72 Å². The minimum atomic E-state index is -0.103. The molecule has 0 aliphatic carbocycles. The van der Waals surface area contributed by atoms with Crippen molar-refractivity contribution in [1.82, 2.24) is 9.62 Å². The van der Waals surface area contributed by atoms with Crippen molar-refractivity contribution in [3.8, 4) is 0 Å². The quantitative estimate of drug-likeness (QED) is 0.733. The fraction of sp³-hybridized carbons (Fsp3) is 0.222. The lowest BCUT2D eigenvalue weighted by atomic mass is 10.4. The molecular formula is C9H12N2OS. The molecule has 0 heterocycles. The molecule has 0 atom stereocenters. The van der Waals surface area contributed by atoms with Crippen LogP contribution in [0.2, 0.25) is 0 Å². The molecule has 0 spiro atoms. The number of nitrogens with one attached hydrogen (secondary N) is 1. The zero-order valence-corrected chi connectivity index (χ0v) is 8.47. The van der Waals surface area contributed by atoms with E-state index in [0.29, 0.717) is 0 Å². The smallest absolute Gasteiger partial charge is 0.327 e. The number of carbonyl (C=O) groups excluding carboxylic acids is 1. The van der Waals surface area contributed by atoms with Gasteiger partial charge in [0, 0.05) is 19.0 Å². The molecule has 1 rings (SSSR count). The van der Waals surface area contributed by atoms with Crippen LogP contribution < -0.4 is 4.72 Å². The number of urea groups is 1. The maximum absolute atomic E-state index is 11.1. The van der Waals surface area contributed by atoms with Crippen LogP contribution in [-0.4, -0.2) is 25.0 Å². The van der Waals surface area contributed by atoms with Crippen molar-refractivity contribution in [2.75, 3.05) is 14.1 Å². The van der Waals surface area contributed by atoms with Crippen LogP contribution in [0.4, 0.5) is 4.79 Å². The van der Waals surface area contributed by atoms with Crippen LogP contribution in [0.1, 0.15) is 0 Å². The Bertz CT molecular complexity index is 274. The molecule has 3 nitrogen and oxygen atoms in total. The second-order valence-electron chi connectivity index (χ2n) is 2.72. The first-order valence-electron chi connectivity index (χ1n) is 3.89. The number of nitrogens with zero attached hydrogens (tertiary/aromatic N) is 1. The third kappa shape index (κ3) is 3.38. The predicted octanol–water partition coefficient (Wildman–Crippen LogP) is 1.96. The second-order valence-corrected chi connectivity index (χ2v) is 3.60. The van der Waals surface area contributed by atoms with Crippen LogP contribution >= 0.6 is 11.9 Å². The van der Waals surface area contributed by atoms with Crippen LogP contribution in [0.3, 0.4) is 0 Å². The minimum absolute atomic E-state index is 0.103. The minimum Gasteiger partial charge on any atom is -0.330 e. The molecule has 0 aromatic heterocycles. The fourth-order valence-corrected chi connectivity index (χ4v) is 1.36. The van der Waals surface area contributed by atoms with Crippen molar-refractivity contribution < 1.29 is 4.79 Å². The summed E-state index contributed by atoms with van der Waals surface area (Å²) in [5.41, 5.74) is 0. The third-order valence-corrected chi connectivity index (χ3v) is 2.19. The van der Waals surface area contributed by atoms with Gasteiger partial charge in [-0.1, -0.05) is 18.2 Å². The maximum atomic E-state index is 11.1. The summed E-state index contributed by atoms with van der Waals surface area (Å²) in [6, 6.07) is 9.60. The van der Waals surface area contributed by atoms with Gasteiger partial charge in [0.05, 0.1) is 0 Å². The Labute approximate surface area is 82.3 Å². The van der Waals surface area contributed by atoms with Gasteiger partial charge in [-0.05, 0) is 24.1 Å². The summed E-state index contributed by atoms with van der Waals surface area (Å²) in [6.07, 6.45) is 0. The van der Waals surface area contributed by atoms with Gasteiger partial charge in [-0.25, -0.2) is 4.79 Å². The van der Waals surface area contributed by atoms with Crippen molar-refractivity contribution in [2.24, 2.45) is 0 Å². The monoisotopic (exact) mass is 196 g/mol. The zero-order valence-electron chi connectivity index (χ0n) is 7.65. The Kier molecular flexibility index (Phi) is 3.64. The lowest BCUT2D eigenvalue weighted by molar-refractivity contribution is 0.224. The van der Waals surface area contributed by atoms with E-state index in [9.17, 15) is 4.79 Å². The van der Waals surface area contributed by atoms with Crippen molar-refractivity contribution in [1.29, 1.82) is 0 Å². The van der Waals surface area contributed by atoms with E-state index in [1.807, 2.05) is 30.3 Å². The van der Waals surface area contributed by atoms with Crippen LogP contribution in [0.15, 0.2) is 35.2 Å². The highest BCUT2D eigenvalue weighted by Gasteiger charge is 2.01. The van der Waals surface area contributed by atoms with Crippen LogP contribution in [-0.2, 0) is 0 Å². The molecule has 0 unspecified atom stereocenters. The molecule has 13 heavy (non-hydrogen) atoms. The standard InChI is InChI=1S/C9H12N2OS/c1-11(2)9(12)10-13-8-6-4-3-5-7-8/h3-7H,1-2H3,(H,10,12). The molecule has 2 amide bonds. The first-order valence-corrected chi connectivity index (χ1v) is 4.71. The van der Waals surface area contributed by atoms with E-state index in [1.165, 1.54) is 16.8 Å². The van der Waals surface area contributed by atoms with Gasteiger partial charge in [0.15, 0.2) is 0 Å². The highest BCUT2D eigenvalue weighted by Crippen LogP contribution is 2.12. The lowest BCUT2D eigenvalue weighted by Gasteiger charge is -2.10. The number of amides is 2. The Morgan fingerprint density at radius 2 is 1.92 bits per heavy atom. The SMILES string of the molecule is CN(C)C(=O)NSc1ccccc1. The summed E-state index contributed by atoms with van der Waals surface area (Å²) < 4.78 is 2.70. The van der Waals surface area contributed by atoms with Crippen molar-refractivity contribution in [2.45, 2.75) is 4.90 Å². The van der Waals surface area contributed by atoms with Gasteiger partial charge in [0.25, 0.3) is 0 Å². The summed E-state index contributed by atoms with van der Waals surface area (Å²) in [4.78, 5) is 13.6.